The Labute approximate surface area is 135 Å². The highest BCUT2D eigenvalue weighted by Gasteiger charge is 2.28. The van der Waals surface area contributed by atoms with Crippen molar-refractivity contribution in [3.05, 3.63) is 47.3 Å². The van der Waals surface area contributed by atoms with Gasteiger partial charge in [0.2, 0.25) is 0 Å². The second-order valence-corrected chi connectivity index (χ2v) is 5.78. The van der Waals surface area contributed by atoms with E-state index in [1.54, 1.807) is 14.0 Å². The topological polar surface area (TPSA) is 67.6 Å². The Kier molecular flexibility index (Phi) is 4.62. The smallest absolute Gasteiger partial charge is 0.256 e. The van der Waals surface area contributed by atoms with Crippen LogP contribution in [0.4, 0.5) is 0 Å². The summed E-state index contributed by atoms with van der Waals surface area (Å²) in [6.45, 7) is 4.34. The fraction of sp³-hybridized carbons (Fsp3) is 0.412. The van der Waals surface area contributed by atoms with Crippen molar-refractivity contribution in [3.8, 4) is 5.75 Å². The highest BCUT2D eigenvalue weighted by atomic mass is 16.5. The van der Waals surface area contributed by atoms with Gasteiger partial charge in [0.25, 0.3) is 5.91 Å². The van der Waals surface area contributed by atoms with E-state index in [2.05, 4.69) is 27.5 Å². The molecule has 1 saturated heterocycles. The minimum atomic E-state index is -0.125. The first-order valence-electron chi connectivity index (χ1n) is 7.73. The van der Waals surface area contributed by atoms with Crippen LogP contribution >= 0.6 is 0 Å². The van der Waals surface area contributed by atoms with Crippen molar-refractivity contribution in [2.45, 2.75) is 25.9 Å². The molecule has 1 fully saturated rings. The number of rotatable bonds is 6. The van der Waals surface area contributed by atoms with Crippen LogP contribution < -0.4 is 10.1 Å². The number of nitrogens with one attached hydrogen (secondary N) is 1. The second kappa shape index (κ2) is 6.83. The molecule has 23 heavy (non-hydrogen) atoms. The summed E-state index contributed by atoms with van der Waals surface area (Å²) in [7, 11) is 1.67. The number of amides is 1. The van der Waals surface area contributed by atoms with Gasteiger partial charge in [-0.2, -0.15) is 0 Å². The van der Waals surface area contributed by atoms with Gasteiger partial charge >= 0.3 is 0 Å². The third-order valence-corrected chi connectivity index (χ3v) is 4.30. The average Bonchev–Trinajstić information content (AvgIpc) is 2.98. The normalized spacial score (nSPS) is 17.6. The van der Waals surface area contributed by atoms with Crippen LogP contribution in [-0.4, -0.2) is 42.2 Å². The van der Waals surface area contributed by atoms with Gasteiger partial charge < -0.3 is 14.6 Å². The van der Waals surface area contributed by atoms with E-state index < -0.39 is 0 Å². The van der Waals surface area contributed by atoms with E-state index in [0.717, 1.165) is 25.3 Å². The molecule has 6 heteroatoms. The summed E-state index contributed by atoms with van der Waals surface area (Å²) in [5.74, 6) is 0.741. The average molecular weight is 315 g/mol. The molecule has 1 aliphatic heterocycles. The number of methoxy groups -OCH3 is 1. The zero-order chi connectivity index (χ0) is 16.2. The summed E-state index contributed by atoms with van der Waals surface area (Å²) < 4.78 is 9.97. The fourth-order valence-corrected chi connectivity index (χ4v) is 2.72. The Morgan fingerprint density at radius 2 is 2.22 bits per heavy atom. The van der Waals surface area contributed by atoms with Gasteiger partial charge in [-0.1, -0.05) is 17.3 Å². The largest absolute Gasteiger partial charge is 0.497 e. The van der Waals surface area contributed by atoms with E-state index in [-0.39, 0.29) is 5.91 Å². The zero-order valence-electron chi connectivity index (χ0n) is 13.4. The molecule has 0 spiro atoms. The second-order valence-electron chi connectivity index (χ2n) is 5.78. The monoisotopic (exact) mass is 315 g/mol. The molecule has 0 saturated carbocycles. The molecule has 1 aliphatic rings. The number of benzene rings is 1. The number of nitrogens with zero attached hydrogens (tertiary/aromatic N) is 2. The predicted octanol–water partition coefficient (Wildman–Crippen LogP) is 2.00. The molecule has 3 rings (SSSR count). The Balaban J connectivity index is 1.49. The standard InChI is InChI=1S/C17H21N3O3/c1-12-16(11-23-19-12)17(21)18-9-14-7-8-20(14)10-13-3-5-15(22-2)6-4-13/h3-6,11,14H,7-10H2,1-2H3,(H,18,21). The van der Waals surface area contributed by atoms with E-state index in [1.165, 1.54) is 11.8 Å². The molecule has 1 N–H and O–H groups in total. The Morgan fingerprint density at radius 3 is 2.78 bits per heavy atom. The van der Waals surface area contributed by atoms with Gasteiger partial charge in [0, 0.05) is 25.7 Å². The van der Waals surface area contributed by atoms with E-state index in [4.69, 9.17) is 9.26 Å². The molecule has 1 aromatic heterocycles. The van der Waals surface area contributed by atoms with E-state index in [9.17, 15) is 4.79 Å². The van der Waals surface area contributed by atoms with Gasteiger partial charge in [0.05, 0.1) is 12.8 Å². The highest BCUT2D eigenvalue weighted by Crippen LogP contribution is 2.21. The van der Waals surface area contributed by atoms with Crippen LogP contribution in [0.15, 0.2) is 35.1 Å². The lowest BCUT2D eigenvalue weighted by atomic mass is 10.0. The predicted molar refractivity (Wildman–Crippen MR) is 85.4 cm³/mol. The van der Waals surface area contributed by atoms with Crippen molar-refractivity contribution in [1.29, 1.82) is 0 Å². The third-order valence-electron chi connectivity index (χ3n) is 4.30. The Bertz CT molecular complexity index is 666. The maximum absolute atomic E-state index is 12.1. The van der Waals surface area contributed by atoms with Crippen molar-refractivity contribution in [1.82, 2.24) is 15.4 Å². The first-order valence-corrected chi connectivity index (χ1v) is 7.73. The van der Waals surface area contributed by atoms with Crippen LogP contribution in [0, 0.1) is 6.92 Å². The molecule has 1 aromatic carbocycles. The Morgan fingerprint density at radius 1 is 1.43 bits per heavy atom. The van der Waals surface area contributed by atoms with Gasteiger partial charge in [-0.05, 0) is 31.0 Å². The maximum atomic E-state index is 12.1. The molecule has 1 atom stereocenters. The molecule has 6 nitrogen and oxygen atoms in total. The summed E-state index contributed by atoms with van der Waals surface area (Å²) in [5, 5.41) is 6.69. The van der Waals surface area contributed by atoms with Gasteiger partial charge in [0.1, 0.15) is 17.6 Å². The molecule has 0 aliphatic carbocycles. The number of carbonyl (C=O) groups excluding carboxylic acids is 1. The first-order chi connectivity index (χ1) is 11.2. The van der Waals surface area contributed by atoms with Crippen LogP contribution in [0.2, 0.25) is 0 Å². The minimum Gasteiger partial charge on any atom is -0.497 e. The number of carbonyl (C=O) groups is 1. The van der Waals surface area contributed by atoms with E-state index in [0.29, 0.717) is 23.8 Å². The lowest BCUT2D eigenvalue weighted by molar-refractivity contribution is 0.0731. The number of aromatic nitrogens is 1. The maximum Gasteiger partial charge on any atom is 0.256 e. The summed E-state index contributed by atoms with van der Waals surface area (Å²) in [6.07, 6.45) is 2.49. The lowest BCUT2D eigenvalue weighted by Gasteiger charge is -2.41. The zero-order valence-corrected chi connectivity index (χ0v) is 13.4. The molecular weight excluding hydrogens is 294 g/mol. The van der Waals surface area contributed by atoms with Crippen molar-refractivity contribution in [2.24, 2.45) is 0 Å². The Hall–Kier alpha value is -2.34. The molecule has 1 unspecified atom stereocenters. The van der Waals surface area contributed by atoms with Gasteiger partial charge in [-0.3, -0.25) is 9.69 Å². The first kappa shape index (κ1) is 15.6. The van der Waals surface area contributed by atoms with Crippen LogP contribution in [0.3, 0.4) is 0 Å². The molecule has 2 aromatic rings. The van der Waals surface area contributed by atoms with Gasteiger partial charge in [-0.25, -0.2) is 0 Å². The summed E-state index contributed by atoms with van der Waals surface area (Å²) >= 11 is 0. The third kappa shape index (κ3) is 3.53. The summed E-state index contributed by atoms with van der Waals surface area (Å²) in [5.41, 5.74) is 2.37. The van der Waals surface area contributed by atoms with Crippen molar-refractivity contribution in [2.75, 3.05) is 20.2 Å². The quantitative estimate of drug-likeness (QED) is 0.883. The summed E-state index contributed by atoms with van der Waals surface area (Å²) in [6, 6.07) is 8.48. The number of ether oxygens (including phenoxy) is 1. The van der Waals surface area contributed by atoms with Gasteiger partial charge in [-0.15, -0.1) is 0 Å². The highest BCUT2D eigenvalue weighted by molar-refractivity contribution is 5.94. The molecule has 2 heterocycles. The van der Waals surface area contributed by atoms with Crippen molar-refractivity contribution >= 4 is 5.91 Å². The van der Waals surface area contributed by atoms with Crippen LogP contribution in [0.5, 0.6) is 5.75 Å². The van der Waals surface area contributed by atoms with E-state index >= 15 is 0 Å². The van der Waals surface area contributed by atoms with Crippen LogP contribution in [0.1, 0.15) is 28.0 Å². The van der Waals surface area contributed by atoms with Gasteiger partial charge in [0.15, 0.2) is 0 Å². The van der Waals surface area contributed by atoms with Crippen LogP contribution in [-0.2, 0) is 6.54 Å². The van der Waals surface area contributed by atoms with Crippen molar-refractivity contribution < 1.29 is 14.1 Å². The van der Waals surface area contributed by atoms with E-state index in [1.807, 2.05) is 12.1 Å². The molecular formula is C17H21N3O3. The number of hydrogen-bond donors (Lipinski definition) is 1. The lowest BCUT2D eigenvalue weighted by Crippen LogP contribution is -2.52. The molecule has 0 bridgehead atoms. The SMILES string of the molecule is COc1ccc(CN2CCC2CNC(=O)c2conc2C)cc1. The molecule has 0 radical (unpaired) electrons. The number of aryl methyl sites for hydroxylation is 1. The van der Waals surface area contributed by atoms with Crippen LogP contribution in [0.25, 0.3) is 0 Å². The minimum absolute atomic E-state index is 0.125. The number of hydrogen-bond acceptors (Lipinski definition) is 5. The molecule has 122 valence electrons. The summed E-state index contributed by atoms with van der Waals surface area (Å²) in [4.78, 5) is 14.4. The fourth-order valence-electron chi connectivity index (χ4n) is 2.72. The number of likely N-dealkylation sites (tertiary alicyclic amines) is 1. The molecule has 1 amide bonds. The van der Waals surface area contributed by atoms with Crippen molar-refractivity contribution in [3.63, 3.8) is 0 Å².